The molecule has 4 rings (SSSR count). The molecule has 3 heterocycles. The number of rotatable bonds is 5. The van der Waals surface area contributed by atoms with E-state index in [1.165, 1.54) is 4.88 Å². The van der Waals surface area contributed by atoms with E-state index in [1.54, 1.807) is 40.7 Å². The maximum Gasteiger partial charge on any atom is 0.262 e. The van der Waals surface area contributed by atoms with Gasteiger partial charge < -0.3 is 4.74 Å². The van der Waals surface area contributed by atoms with Gasteiger partial charge in [-0.3, -0.25) is 9.36 Å². The molecule has 3 aromatic heterocycles. The third kappa shape index (κ3) is 3.15. The molecule has 26 heavy (non-hydrogen) atoms. The number of methoxy groups -OCH3 is 1. The zero-order chi connectivity index (χ0) is 18.1. The van der Waals surface area contributed by atoms with Gasteiger partial charge in [0.15, 0.2) is 0 Å². The van der Waals surface area contributed by atoms with Crippen LogP contribution in [0.4, 0.5) is 0 Å². The van der Waals surface area contributed by atoms with Crippen LogP contribution in [0.5, 0.6) is 5.75 Å². The summed E-state index contributed by atoms with van der Waals surface area (Å²) in [5.41, 5.74) is 1.88. The van der Waals surface area contributed by atoms with Gasteiger partial charge in [-0.15, -0.1) is 22.7 Å². The number of fused-ring (bicyclic) bond motifs is 1. The Kier molecular flexibility index (Phi) is 4.57. The maximum absolute atomic E-state index is 12.7. The van der Waals surface area contributed by atoms with Gasteiger partial charge in [-0.25, -0.2) is 9.97 Å². The molecule has 0 bridgehead atoms. The molecule has 1 aromatic carbocycles. The molecule has 0 aliphatic rings. The van der Waals surface area contributed by atoms with Gasteiger partial charge in [0.05, 0.1) is 31.1 Å². The molecule has 7 heteroatoms. The Morgan fingerprint density at radius 2 is 2.04 bits per heavy atom. The van der Waals surface area contributed by atoms with Gasteiger partial charge in [-0.1, -0.05) is 6.92 Å². The summed E-state index contributed by atoms with van der Waals surface area (Å²) in [6, 6.07) is 9.76. The molecule has 0 spiro atoms. The van der Waals surface area contributed by atoms with E-state index < -0.39 is 0 Å². The van der Waals surface area contributed by atoms with Crippen LogP contribution in [0, 0.1) is 0 Å². The summed E-state index contributed by atoms with van der Waals surface area (Å²) in [6.45, 7) is 2.50. The van der Waals surface area contributed by atoms with Gasteiger partial charge in [0.2, 0.25) is 0 Å². The highest BCUT2D eigenvalue weighted by molar-refractivity contribution is 7.18. The van der Waals surface area contributed by atoms with Gasteiger partial charge in [0, 0.05) is 15.8 Å². The molecule has 0 aliphatic heterocycles. The summed E-state index contributed by atoms with van der Waals surface area (Å²) in [5.74, 6) is 0.818. The number of nitrogens with zero attached hydrogens (tertiary/aromatic N) is 3. The van der Waals surface area contributed by atoms with Crippen molar-refractivity contribution in [2.45, 2.75) is 19.9 Å². The average Bonchev–Trinajstić information content (AvgIpc) is 3.31. The number of benzene rings is 1. The highest BCUT2D eigenvalue weighted by Gasteiger charge is 2.11. The zero-order valence-electron chi connectivity index (χ0n) is 14.4. The first-order valence-electron chi connectivity index (χ1n) is 8.24. The lowest BCUT2D eigenvalue weighted by molar-refractivity contribution is 0.415. The summed E-state index contributed by atoms with van der Waals surface area (Å²) < 4.78 is 6.81. The quantitative estimate of drug-likeness (QED) is 0.518. The first-order valence-corrected chi connectivity index (χ1v) is 9.94. The number of hydrogen-bond acceptors (Lipinski definition) is 6. The fourth-order valence-corrected chi connectivity index (χ4v) is 4.46. The first-order chi connectivity index (χ1) is 12.7. The van der Waals surface area contributed by atoms with E-state index in [2.05, 4.69) is 16.9 Å². The van der Waals surface area contributed by atoms with Crippen molar-refractivity contribution in [2.24, 2.45) is 0 Å². The molecule has 0 saturated heterocycles. The summed E-state index contributed by atoms with van der Waals surface area (Å²) in [5, 5.41) is 3.61. The van der Waals surface area contributed by atoms with E-state index in [4.69, 9.17) is 4.74 Å². The topological polar surface area (TPSA) is 57.0 Å². The number of thiazole rings is 1. The third-order valence-corrected chi connectivity index (χ3v) is 6.27. The van der Waals surface area contributed by atoms with Crippen LogP contribution in [0.25, 0.3) is 20.8 Å². The third-order valence-electron chi connectivity index (χ3n) is 4.14. The molecule has 0 saturated carbocycles. The number of aryl methyl sites for hydroxylation is 1. The van der Waals surface area contributed by atoms with Crippen molar-refractivity contribution in [3.8, 4) is 16.3 Å². The molecule has 4 aromatic rings. The van der Waals surface area contributed by atoms with E-state index in [-0.39, 0.29) is 5.56 Å². The SMILES string of the molecule is CCc1cc2c(=O)n(Cc3csc(-c4ccc(OC)cc4)n3)cnc2s1. The van der Waals surface area contributed by atoms with Gasteiger partial charge in [0.25, 0.3) is 5.56 Å². The number of aromatic nitrogens is 3. The summed E-state index contributed by atoms with van der Waals surface area (Å²) in [7, 11) is 1.65. The fraction of sp³-hybridized carbons (Fsp3) is 0.211. The van der Waals surface area contributed by atoms with Crippen LogP contribution in [0.15, 0.2) is 46.8 Å². The summed E-state index contributed by atoms with van der Waals surface area (Å²) in [4.78, 5) is 23.8. The Labute approximate surface area is 158 Å². The molecular weight excluding hydrogens is 366 g/mol. The minimum absolute atomic E-state index is 0.00931. The minimum atomic E-state index is -0.00931. The smallest absolute Gasteiger partial charge is 0.262 e. The van der Waals surface area contributed by atoms with Gasteiger partial charge >= 0.3 is 0 Å². The monoisotopic (exact) mass is 383 g/mol. The molecule has 0 radical (unpaired) electrons. The predicted octanol–water partition coefficient (Wildman–Crippen LogP) is 4.20. The van der Waals surface area contributed by atoms with Crippen LogP contribution in [-0.4, -0.2) is 21.6 Å². The van der Waals surface area contributed by atoms with E-state index in [0.29, 0.717) is 11.9 Å². The molecule has 0 amide bonds. The normalized spacial score (nSPS) is 11.2. The second kappa shape index (κ2) is 7.01. The lowest BCUT2D eigenvalue weighted by atomic mass is 10.2. The second-order valence-electron chi connectivity index (χ2n) is 5.84. The van der Waals surface area contributed by atoms with Gasteiger partial charge in [-0.2, -0.15) is 0 Å². The van der Waals surface area contributed by atoms with Gasteiger partial charge in [0.1, 0.15) is 15.6 Å². The van der Waals surface area contributed by atoms with E-state index in [9.17, 15) is 4.79 Å². The van der Waals surface area contributed by atoms with Crippen LogP contribution >= 0.6 is 22.7 Å². The Morgan fingerprint density at radius 3 is 2.77 bits per heavy atom. The van der Waals surface area contributed by atoms with Crippen molar-refractivity contribution < 1.29 is 4.74 Å². The number of hydrogen-bond donors (Lipinski definition) is 0. The van der Waals surface area contributed by atoms with Crippen LogP contribution in [0.1, 0.15) is 17.5 Å². The molecule has 0 aliphatic carbocycles. The van der Waals surface area contributed by atoms with Crippen molar-refractivity contribution in [3.05, 3.63) is 63.0 Å². The van der Waals surface area contributed by atoms with Crippen molar-refractivity contribution in [2.75, 3.05) is 7.11 Å². The van der Waals surface area contributed by atoms with E-state index in [0.717, 1.165) is 33.3 Å². The number of thiophene rings is 1. The van der Waals surface area contributed by atoms with Crippen LogP contribution in [-0.2, 0) is 13.0 Å². The predicted molar refractivity (Wildman–Crippen MR) is 106 cm³/mol. The Bertz CT molecular complexity index is 1110. The molecule has 0 atom stereocenters. The Balaban J connectivity index is 1.61. The molecular formula is C19H17N3O2S2. The van der Waals surface area contributed by atoms with E-state index >= 15 is 0 Å². The van der Waals surface area contributed by atoms with Crippen molar-refractivity contribution in [1.29, 1.82) is 0 Å². The minimum Gasteiger partial charge on any atom is -0.497 e. The fourth-order valence-electron chi connectivity index (χ4n) is 2.72. The summed E-state index contributed by atoms with van der Waals surface area (Å²) >= 11 is 3.15. The van der Waals surface area contributed by atoms with Gasteiger partial charge in [-0.05, 0) is 36.8 Å². The Morgan fingerprint density at radius 1 is 1.23 bits per heavy atom. The standard InChI is InChI=1S/C19H17N3O2S2/c1-3-15-8-16-18(26-15)20-11-22(19(16)23)9-13-10-25-17(21-13)12-4-6-14(24-2)7-5-12/h4-8,10-11H,3,9H2,1-2H3. The largest absolute Gasteiger partial charge is 0.497 e. The maximum atomic E-state index is 12.7. The van der Waals surface area contributed by atoms with E-state index in [1.807, 2.05) is 35.7 Å². The average molecular weight is 383 g/mol. The van der Waals surface area contributed by atoms with Crippen molar-refractivity contribution in [1.82, 2.24) is 14.5 Å². The lowest BCUT2D eigenvalue weighted by Crippen LogP contribution is -2.20. The Hall–Kier alpha value is -2.51. The first kappa shape index (κ1) is 16.9. The highest BCUT2D eigenvalue weighted by Crippen LogP contribution is 2.26. The second-order valence-corrected chi connectivity index (χ2v) is 7.81. The molecule has 0 N–H and O–H groups in total. The molecule has 0 fully saturated rings. The lowest BCUT2D eigenvalue weighted by Gasteiger charge is -2.02. The van der Waals surface area contributed by atoms with Crippen molar-refractivity contribution >= 4 is 32.9 Å². The van der Waals surface area contributed by atoms with Crippen LogP contribution in [0.2, 0.25) is 0 Å². The highest BCUT2D eigenvalue weighted by atomic mass is 32.1. The molecule has 0 unspecified atom stereocenters. The molecule has 5 nitrogen and oxygen atoms in total. The van der Waals surface area contributed by atoms with Crippen LogP contribution in [0.3, 0.4) is 0 Å². The molecule has 132 valence electrons. The number of ether oxygens (including phenoxy) is 1. The zero-order valence-corrected chi connectivity index (χ0v) is 16.1. The summed E-state index contributed by atoms with van der Waals surface area (Å²) in [6.07, 6.45) is 2.53. The van der Waals surface area contributed by atoms with Crippen molar-refractivity contribution in [3.63, 3.8) is 0 Å². The van der Waals surface area contributed by atoms with Crippen LogP contribution < -0.4 is 10.3 Å².